The minimum atomic E-state index is 0.0112. The summed E-state index contributed by atoms with van der Waals surface area (Å²) in [5, 5.41) is 0.688. The number of ether oxygens (including phenoxy) is 1. The Morgan fingerprint density at radius 3 is 2.88 bits per heavy atom. The third-order valence-electron chi connectivity index (χ3n) is 4.59. The number of aromatic nitrogens is 2. The van der Waals surface area contributed by atoms with Gasteiger partial charge in [-0.1, -0.05) is 12.8 Å². The molecule has 7 heteroatoms. The van der Waals surface area contributed by atoms with Gasteiger partial charge in [0.05, 0.1) is 24.7 Å². The molecule has 1 saturated heterocycles. The van der Waals surface area contributed by atoms with Crippen LogP contribution in [0.2, 0.25) is 0 Å². The SMILES string of the molecule is CN(C)c1cncc(OC2CCN(C(=O)CSC3CCCC3)C2)n1. The van der Waals surface area contributed by atoms with Gasteiger partial charge in [-0.2, -0.15) is 4.98 Å². The molecule has 1 aromatic rings. The Hall–Kier alpha value is -1.50. The molecule has 3 rings (SSSR count). The highest BCUT2D eigenvalue weighted by atomic mass is 32.2. The summed E-state index contributed by atoms with van der Waals surface area (Å²) in [5.74, 6) is 2.14. The molecule has 132 valence electrons. The lowest BCUT2D eigenvalue weighted by atomic mass is 10.3. The van der Waals surface area contributed by atoms with E-state index in [-0.39, 0.29) is 12.0 Å². The number of likely N-dealkylation sites (tertiary alicyclic amines) is 1. The monoisotopic (exact) mass is 350 g/mol. The smallest absolute Gasteiger partial charge is 0.234 e. The summed E-state index contributed by atoms with van der Waals surface area (Å²) in [6, 6.07) is 0. The zero-order valence-electron chi connectivity index (χ0n) is 14.5. The first-order valence-electron chi connectivity index (χ1n) is 8.67. The molecule has 2 aliphatic rings. The fourth-order valence-electron chi connectivity index (χ4n) is 3.17. The van der Waals surface area contributed by atoms with Crippen molar-refractivity contribution in [1.82, 2.24) is 14.9 Å². The lowest BCUT2D eigenvalue weighted by Gasteiger charge is -2.18. The van der Waals surface area contributed by atoms with E-state index in [2.05, 4.69) is 9.97 Å². The van der Waals surface area contributed by atoms with Crippen molar-refractivity contribution in [2.45, 2.75) is 43.5 Å². The molecule has 6 nitrogen and oxygen atoms in total. The molecule has 0 aromatic carbocycles. The molecular formula is C17H26N4O2S. The first-order chi connectivity index (χ1) is 11.6. The number of hydrogen-bond donors (Lipinski definition) is 0. The maximum absolute atomic E-state index is 12.4. The van der Waals surface area contributed by atoms with E-state index in [4.69, 9.17) is 4.74 Å². The summed E-state index contributed by atoms with van der Waals surface area (Å²) < 4.78 is 5.92. The molecule has 1 atom stereocenters. The molecule has 0 spiro atoms. The van der Waals surface area contributed by atoms with Crippen molar-refractivity contribution in [1.29, 1.82) is 0 Å². The molecule has 2 heterocycles. The Bertz CT molecular complexity index is 563. The van der Waals surface area contributed by atoms with Gasteiger partial charge in [-0.3, -0.25) is 9.78 Å². The summed E-state index contributed by atoms with van der Waals surface area (Å²) >= 11 is 1.83. The normalized spacial score (nSPS) is 21.2. The second-order valence-corrected chi connectivity index (χ2v) is 7.98. The Labute approximate surface area is 148 Å². The van der Waals surface area contributed by atoms with Gasteiger partial charge in [-0.25, -0.2) is 0 Å². The Balaban J connectivity index is 1.46. The van der Waals surface area contributed by atoms with Crippen LogP contribution in [0.3, 0.4) is 0 Å². The summed E-state index contributed by atoms with van der Waals surface area (Å²) in [4.78, 5) is 24.8. The zero-order valence-corrected chi connectivity index (χ0v) is 15.3. The van der Waals surface area contributed by atoms with Gasteiger partial charge in [0.15, 0.2) is 5.82 Å². The van der Waals surface area contributed by atoms with Gasteiger partial charge >= 0.3 is 0 Å². The largest absolute Gasteiger partial charge is 0.471 e. The first-order valence-corrected chi connectivity index (χ1v) is 9.72. The molecule has 1 saturated carbocycles. The van der Waals surface area contributed by atoms with Crippen molar-refractivity contribution in [3.8, 4) is 5.88 Å². The first kappa shape index (κ1) is 17.3. The lowest BCUT2D eigenvalue weighted by molar-refractivity contribution is -0.127. The fraction of sp³-hybridized carbons (Fsp3) is 0.706. The number of hydrogen-bond acceptors (Lipinski definition) is 6. The maximum atomic E-state index is 12.4. The van der Waals surface area contributed by atoms with Gasteiger partial charge in [0.25, 0.3) is 0 Å². The van der Waals surface area contributed by atoms with Gasteiger partial charge in [0.1, 0.15) is 6.10 Å². The molecule has 1 unspecified atom stereocenters. The second-order valence-electron chi connectivity index (χ2n) is 6.70. The predicted octanol–water partition coefficient (Wildman–Crippen LogP) is 2.20. The molecule has 2 fully saturated rings. The van der Waals surface area contributed by atoms with Gasteiger partial charge in [0, 0.05) is 32.3 Å². The molecule has 1 amide bonds. The maximum Gasteiger partial charge on any atom is 0.234 e. The van der Waals surface area contributed by atoms with Gasteiger partial charge in [0.2, 0.25) is 11.8 Å². The molecule has 24 heavy (non-hydrogen) atoms. The number of carbonyl (C=O) groups is 1. The van der Waals surface area contributed by atoms with E-state index in [1.54, 1.807) is 12.4 Å². The minimum absolute atomic E-state index is 0.0112. The highest BCUT2D eigenvalue weighted by Crippen LogP contribution is 2.29. The van der Waals surface area contributed by atoms with Crippen LogP contribution >= 0.6 is 11.8 Å². The van der Waals surface area contributed by atoms with Crippen molar-refractivity contribution in [2.24, 2.45) is 0 Å². The average Bonchev–Trinajstić information content (AvgIpc) is 3.24. The fourth-order valence-corrected chi connectivity index (χ4v) is 4.40. The number of rotatable bonds is 6. The summed E-state index contributed by atoms with van der Waals surface area (Å²) in [6.45, 7) is 1.42. The number of thioether (sulfide) groups is 1. The van der Waals surface area contributed by atoms with Crippen LogP contribution in [0.15, 0.2) is 12.4 Å². The summed E-state index contributed by atoms with van der Waals surface area (Å²) in [6.07, 6.45) is 9.38. The average molecular weight is 350 g/mol. The van der Waals surface area contributed by atoms with Crippen molar-refractivity contribution in [3.63, 3.8) is 0 Å². The van der Waals surface area contributed by atoms with Crippen molar-refractivity contribution in [2.75, 3.05) is 37.8 Å². The number of nitrogens with zero attached hydrogens (tertiary/aromatic N) is 4. The lowest BCUT2D eigenvalue weighted by Crippen LogP contribution is -2.32. The van der Waals surface area contributed by atoms with Crippen LogP contribution in [-0.4, -0.2) is 65.1 Å². The van der Waals surface area contributed by atoms with Crippen molar-refractivity contribution >= 4 is 23.5 Å². The summed E-state index contributed by atoms with van der Waals surface area (Å²) in [5.41, 5.74) is 0. The van der Waals surface area contributed by atoms with Crippen LogP contribution in [0.25, 0.3) is 0 Å². The Kier molecular flexibility index (Phi) is 5.81. The van der Waals surface area contributed by atoms with Crippen LogP contribution in [-0.2, 0) is 4.79 Å². The number of carbonyl (C=O) groups excluding carboxylic acids is 1. The number of amides is 1. The molecule has 1 aliphatic carbocycles. The van der Waals surface area contributed by atoms with Crippen LogP contribution in [0.5, 0.6) is 5.88 Å². The standard InChI is InChI=1S/C17H26N4O2S/c1-20(2)15-9-18-10-16(19-15)23-13-7-8-21(11-13)17(22)12-24-14-5-3-4-6-14/h9-10,13-14H,3-8,11-12H2,1-2H3. The van der Waals surface area contributed by atoms with Crippen LogP contribution in [0.4, 0.5) is 5.82 Å². The Morgan fingerprint density at radius 1 is 1.33 bits per heavy atom. The van der Waals surface area contributed by atoms with E-state index in [9.17, 15) is 4.79 Å². The summed E-state index contributed by atoms with van der Waals surface area (Å²) in [7, 11) is 3.84. The van der Waals surface area contributed by atoms with Crippen LogP contribution in [0.1, 0.15) is 32.1 Å². The van der Waals surface area contributed by atoms with Crippen molar-refractivity contribution in [3.05, 3.63) is 12.4 Å². The third kappa shape index (κ3) is 4.53. The van der Waals surface area contributed by atoms with Crippen molar-refractivity contribution < 1.29 is 9.53 Å². The highest BCUT2D eigenvalue weighted by Gasteiger charge is 2.28. The van der Waals surface area contributed by atoms with E-state index in [0.29, 0.717) is 23.4 Å². The van der Waals surface area contributed by atoms with E-state index in [1.807, 2.05) is 35.7 Å². The predicted molar refractivity (Wildman–Crippen MR) is 96.7 cm³/mol. The molecule has 1 aromatic heterocycles. The van der Waals surface area contributed by atoms with Gasteiger partial charge in [-0.05, 0) is 12.8 Å². The Morgan fingerprint density at radius 2 is 2.12 bits per heavy atom. The molecule has 0 radical (unpaired) electrons. The highest BCUT2D eigenvalue weighted by molar-refractivity contribution is 8.00. The molecule has 0 N–H and O–H groups in total. The minimum Gasteiger partial charge on any atom is -0.471 e. The topological polar surface area (TPSA) is 58.6 Å². The quantitative estimate of drug-likeness (QED) is 0.784. The molecule has 0 bridgehead atoms. The molecule has 1 aliphatic heterocycles. The van der Waals surface area contributed by atoms with E-state index in [1.165, 1.54) is 25.7 Å². The zero-order chi connectivity index (χ0) is 16.9. The van der Waals surface area contributed by atoms with Crippen LogP contribution < -0.4 is 9.64 Å². The third-order valence-corrected chi connectivity index (χ3v) is 5.94. The van der Waals surface area contributed by atoms with E-state index >= 15 is 0 Å². The van der Waals surface area contributed by atoms with Gasteiger partial charge in [-0.15, -0.1) is 11.8 Å². The van der Waals surface area contributed by atoms with Crippen LogP contribution in [0, 0.1) is 0 Å². The van der Waals surface area contributed by atoms with Gasteiger partial charge < -0.3 is 14.5 Å². The second kappa shape index (κ2) is 8.05. The van der Waals surface area contributed by atoms with E-state index < -0.39 is 0 Å². The molecular weight excluding hydrogens is 324 g/mol. The van der Waals surface area contributed by atoms with E-state index in [0.717, 1.165) is 18.8 Å². The number of anilines is 1.